The third-order valence-corrected chi connectivity index (χ3v) is 4.97. The fraction of sp³-hybridized carbons (Fsp3) is 0.588. The quantitative estimate of drug-likeness (QED) is 0.831. The van der Waals surface area contributed by atoms with Crippen molar-refractivity contribution >= 4 is 5.91 Å². The molecule has 2 heterocycles. The molecule has 2 aliphatic rings. The molecule has 0 N–H and O–H groups in total. The van der Waals surface area contributed by atoms with E-state index in [9.17, 15) is 13.6 Å². The van der Waals surface area contributed by atoms with Crippen LogP contribution in [0.5, 0.6) is 0 Å². The average Bonchev–Trinajstić information content (AvgIpc) is 2.57. The Balaban J connectivity index is 1.56. The minimum absolute atomic E-state index is 0.216. The van der Waals surface area contributed by atoms with Gasteiger partial charge in [-0.2, -0.15) is 0 Å². The molecular weight excluding hydrogens is 300 g/mol. The van der Waals surface area contributed by atoms with E-state index < -0.39 is 11.6 Å². The molecule has 1 aromatic rings. The Morgan fingerprint density at radius 2 is 1.65 bits per heavy atom. The first-order valence-electron chi connectivity index (χ1n) is 8.21. The number of likely N-dealkylation sites (tertiary alicyclic amines) is 1. The van der Waals surface area contributed by atoms with Crippen molar-refractivity contribution in [3.63, 3.8) is 0 Å². The highest BCUT2D eigenvalue weighted by Gasteiger charge is 2.28. The lowest BCUT2D eigenvalue weighted by Crippen LogP contribution is -2.54. The number of hydrogen-bond acceptors (Lipinski definition) is 3. The van der Waals surface area contributed by atoms with Crippen molar-refractivity contribution in [2.45, 2.75) is 18.9 Å². The Hall–Kier alpha value is -1.53. The topological polar surface area (TPSA) is 26.8 Å². The van der Waals surface area contributed by atoms with Crippen LogP contribution in [0.15, 0.2) is 18.2 Å². The van der Waals surface area contributed by atoms with Crippen molar-refractivity contribution in [3.8, 4) is 0 Å². The Morgan fingerprint density at radius 3 is 2.26 bits per heavy atom. The summed E-state index contributed by atoms with van der Waals surface area (Å²) in [5, 5.41) is 0. The summed E-state index contributed by atoms with van der Waals surface area (Å²) in [7, 11) is 2.15. The zero-order chi connectivity index (χ0) is 16.4. The number of piperazine rings is 1. The summed E-state index contributed by atoms with van der Waals surface area (Å²) < 4.78 is 26.3. The van der Waals surface area contributed by atoms with Gasteiger partial charge in [-0.3, -0.25) is 9.69 Å². The predicted octanol–water partition coefficient (Wildman–Crippen LogP) is 1.82. The molecule has 0 aromatic heterocycles. The highest BCUT2D eigenvalue weighted by molar-refractivity contribution is 5.94. The maximum absolute atomic E-state index is 13.3. The van der Waals surface area contributed by atoms with Crippen LogP contribution in [0.3, 0.4) is 0 Å². The molecule has 0 bridgehead atoms. The molecule has 0 atom stereocenters. The van der Waals surface area contributed by atoms with E-state index in [1.165, 1.54) is 18.9 Å². The molecular formula is C17H23F2N3O. The van der Waals surface area contributed by atoms with Gasteiger partial charge in [-0.25, -0.2) is 8.78 Å². The molecule has 0 saturated carbocycles. The van der Waals surface area contributed by atoms with E-state index in [0.717, 1.165) is 38.3 Å². The molecule has 2 saturated heterocycles. The van der Waals surface area contributed by atoms with Gasteiger partial charge in [0, 0.05) is 37.8 Å². The maximum atomic E-state index is 13.3. The normalized spacial score (nSPS) is 21.6. The second kappa shape index (κ2) is 6.93. The van der Waals surface area contributed by atoms with Gasteiger partial charge < -0.3 is 9.80 Å². The molecule has 3 rings (SSSR count). The molecule has 0 spiro atoms. The number of hydrogen-bond donors (Lipinski definition) is 0. The van der Waals surface area contributed by atoms with Crippen LogP contribution in [0.4, 0.5) is 8.78 Å². The van der Waals surface area contributed by atoms with E-state index >= 15 is 0 Å². The molecule has 23 heavy (non-hydrogen) atoms. The van der Waals surface area contributed by atoms with E-state index in [4.69, 9.17) is 0 Å². The van der Waals surface area contributed by atoms with Gasteiger partial charge in [0.05, 0.1) is 0 Å². The van der Waals surface area contributed by atoms with Gasteiger partial charge in [0.2, 0.25) is 0 Å². The zero-order valence-electron chi connectivity index (χ0n) is 13.5. The zero-order valence-corrected chi connectivity index (χ0v) is 13.5. The SMILES string of the molecule is CN1CCC(N2CCN(C(=O)c3ccc(F)c(F)c3)CC2)CC1. The summed E-state index contributed by atoms with van der Waals surface area (Å²) in [6, 6.07) is 3.95. The smallest absolute Gasteiger partial charge is 0.254 e. The number of carbonyl (C=O) groups is 1. The van der Waals surface area contributed by atoms with Gasteiger partial charge in [-0.05, 0) is 51.2 Å². The minimum Gasteiger partial charge on any atom is -0.336 e. The lowest BCUT2D eigenvalue weighted by molar-refractivity contribution is 0.0474. The molecule has 2 aliphatic heterocycles. The second-order valence-corrected chi connectivity index (χ2v) is 6.49. The molecule has 0 unspecified atom stereocenters. The fourth-order valence-corrected chi connectivity index (χ4v) is 3.46. The molecule has 1 amide bonds. The van der Waals surface area contributed by atoms with Gasteiger partial charge in [0.25, 0.3) is 5.91 Å². The Kier molecular flexibility index (Phi) is 4.92. The van der Waals surface area contributed by atoms with Crippen LogP contribution in [0, 0.1) is 11.6 Å². The van der Waals surface area contributed by atoms with Crippen molar-refractivity contribution in [1.82, 2.24) is 14.7 Å². The molecule has 2 fully saturated rings. The van der Waals surface area contributed by atoms with Crippen LogP contribution in [-0.2, 0) is 0 Å². The minimum atomic E-state index is -0.971. The first-order valence-corrected chi connectivity index (χ1v) is 8.21. The van der Waals surface area contributed by atoms with E-state index in [0.29, 0.717) is 19.1 Å². The van der Waals surface area contributed by atoms with Crippen molar-refractivity contribution < 1.29 is 13.6 Å². The summed E-state index contributed by atoms with van der Waals surface area (Å²) in [4.78, 5) is 18.9. The van der Waals surface area contributed by atoms with E-state index in [-0.39, 0.29) is 11.5 Å². The van der Waals surface area contributed by atoms with E-state index in [1.54, 1.807) is 4.90 Å². The van der Waals surface area contributed by atoms with Crippen molar-refractivity contribution in [2.75, 3.05) is 46.3 Å². The van der Waals surface area contributed by atoms with Crippen molar-refractivity contribution in [3.05, 3.63) is 35.4 Å². The fourth-order valence-electron chi connectivity index (χ4n) is 3.46. The second-order valence-electron chi connectivity index (χ2n) is 6.49. The Bertz CT molecular complexity index is 565. The molecule has 126 valence electrons. The van der Waals surface area contributed by atoms with Crippen LogP contribution in [0.1, 0.15) is 23.2 Å². The number of carbonyl (C=O) groups excluding carboxylic acids is 1. The highest BCUT2D eigenvalue weighted by Crippen LogP contribution is 2.19. The summed E-state index contributed by atoms with van der Waals surface area (Å²) in [6.07, 6.45) is 2.35. The first-order chi connectivity index (χ1) is 11.0. The van der Waals surface area contributed by atoms with Gasteiger partial charge in [0.1, 0.15) is 0 Å². The van der Waals surface area contributed by atoms with Crippen LogP contribution >= 0.6 is 0 Å². The maximum Gasteiger partial charge on any atom is 0.254 e. The third-order valence-electron chi connectivity index (χ3n) is 4.97. The number of nitrogens with zero attached hydrogens (tertiary/aromatic N) is 3. The molecule has 1 aromatic carbocycles. The lowest BCUT2D eigenvalue weighted by atomic mass is 10.0. The van der Waals surface area contributed by atoms with Crippen molar-refractivity contribution in [2.24, 2.45) is 0 Å². The van der Waals surface area contributed by atoms with Crippen LogP contribution in [0.2, 0.25) is 0 Å². The number of amides is 1. The summed E-state index contributed by atoms with van der Waals surface area (Å²) in [5.74, 6) is -2.11. The third kappa shape index (κ3) is 3.70. The predicted molar refractivity (Wildman–Crippen MR) is 84.4 cm³/mol. The number of halogens is 2. The van der Waals surface area contributed by atoms with E-state index in [1.807, 2.05) is 0 Å². The summed E-state index contributed by atoms with van der Waals surface area (Å²) in [6.45, 7) is 5.24. The highest BCUT2D eigenvalue weighted by atomic mass is 19.2. The van der Waals surface area contributed by atoms with Gasteiger partial charge in [0.15, 0.2) is 11.6 Å². The van der Waals surface area contributed by atoms with E-state index in [2.05, 4.69) is 16.8 Å². The molecule has 4 nitrogen and oxygen atoms in total. The summed E-state index contributed by atoms with van der Waals surface area (Å²) in [5.41, 5.74) is 0.219. The lowest BCUT2D eigenvalue weighted by Gasteiger charge is -2.42. The number of benzene rings is 1. The molecule has 0 radical (unpaired) electrons. The van der Waals surface area contributed by atoms with Crippen LogP contribution in [-0.4, -0.2) is 73.0 Å². The monoisotopic (exact) mass is 323 g/mol. The Labute approximate surface area is 135 Å². The average molecular weight is 323 g/mol. The first kappa shape index (κ1) is 16.3. The van der Waals surface area contributed by atoms with Crippen LogP contribution in [0.25, 0.3) is 0 Å². The number of rotatable bonds is 2. The summed E-state index contributed by atoms with van der Waals surface area (Å²) >= 11 is 0. The largest absolute Gasteiger partial charge is 0.336 e. The van der Waals surface area contributed by atoms with Gasteiger partial charge >= 0.3 is 0 Å². The number of piperidine rings is 1. The molecule has 0 aliphatic carbocycles. The standard InChI is InChI=1S/C17H23F2N3O/c1-20-6-4-14(5-7-20)21-8-10-22(11-9-21)17(23)13-2-3-15(18)16(19)12-13/h2-3,12,14H,4-11H2,1H3. The van der Waals surface area contributed by atoms with Gasteiger partial charge in [-0.15, -0.1) is 0 Å². The Morgan fingerprint density at radius 1 is 1.00 bits per heavy atom. The van der Waals surface area contributed by atoms with Crippen molar-refractivity contribution in [1.29, 1.82) is 0 Å². The van der Waals surface area contributed by atoms with Gasteiger partial charge in [-0.1, -0.05) is 0 Å². The van der Waals surface area contributed by atoms with Crippen LogP contribution < -0.4 is 0 Å². The molecule has 6 heteroatoms.